The van der Waals surface area contributed by atoms with Crippen LogP contribution in [0, 0.1) is 6.92 Å². The summed E-state index contributed by atoms with van der Waals surface area (Å²) in [5.74, 6) is 0. The Balaban J connectivity index is 0.000000150. The fourth-order valence-corrected chi connectivity index (χ4v) is 12.5. The van der Waals surface area contributed by atoms with Crippen molar-refractivity contribution in [1.29, 1.82) is 0 Å². The fraction of sp³-hybridized carbons (Fsp3) is 0.0395. The second-order valence-electron chi connectivity index (χ2n) is 21.2. The van der Waals surface area contributed by atoms with Crippen molar-refractivity contribution in [1.82, 2.24) is 9.13 Å². The molecule has 12 aromatic carbocycles. The van der Waals surface area contributed by atoms with Crippen LogP contribution in [-0.4, -0.2) is 26.3 Å². The Morgan fingerprint density at radius 2 is 0.736 bits per heavy atom. The van der Waals surface area contributed by atoms with E-state index in [1.807, 2.05) is 60.7 Å². The van der Waals surface area contributed by atoms with E-state index >= 15 is 0 Å². The van der Waals surface area contributed by atoms with Crippen molar-refractivity contribution >= 4 is 150 Å². The van der Waals surface area contributed by atoms with Crippen molar-refractivity contribution < 1.29 is 37.7 Å². The molecule has 0 fully saturated rings. The zero-order valence-corrected chi connectivity index (χ0v) is 49.7. The maximum Gasteiger partial charge on any atom is 1.00 e. The third-order valence-electron chi connectivity index (χ3n) is 16.0. The van der Waals surface area contributed by atoms with Gasteiger partial charge in [0.2, 0.25) is 0 Å². The molecule has 0 unspecified atom stereocenters. The summed E-state index contributed by atoms with van der Waals surface area (Å²) in [6.07, 6.45) is 2.28. The molecule has 87 heavy (non-hydrogen) atoms. The minimum atomic E-state index is -1.63. The summed E-state index contributed by atoms with van der Waals surface area (Å²) in [5, 5.41) is 28.9. The molecule has 0 spiro atoms. The monoisotopic (exact) mass is 1190 g/mol. The van der Waals surface area contributed by atoms with Gasteiger partial charge in [-0.3, -0.25) is 0 Å². The van der Waals surface area contributed by atoms with Crippen molar-refractivity contribution in [3.63, 3.8) is 0 Å². The molecule has 2 N–H and O–H groups in total. The summed E-state index contributed by atoms with van der Waals surface area (Å²) in [6, 6.07) is 96.4. The van der Waals surface area contributed by atoms with Crippen LogP contribution in [0.3, 0.4) is 0 Å². The van der Waals surface area contributed by atoms with Crippen LogP contribution in [0.4, 0.5) is 34.1 Å². The summed E-state index contributed by atoms with van der Waals surface area (Å²) in [6.45, 7) is 5.72. The minimum absolute atomic E-state index is 0. The Kier molecular flexibility index (Phi) is 15.9. The van der Waals surface area contributed by atoms with Gasteiger partial charge in [-0.25, -0.2) is 0 Å². The minimum Gasteiger partial charge on any atom is -0.454 e. The Labute approximate surface area is 524 Å². The van der Waals surface area contributed by atoms with E-state index in [0.29, 0.717) is 16.6 Å². The number of halogens is 1. The largest absolute Gasteiger partial charge is 1.00 e. The second kappa shape index (κ2) is 24.5. The van der Waals surface area contributed by atoms with E-state index in [1.165, 1.54) is 33.5 Å². The zero-order chi connectivity index (χ0) is 58.3. The first kappa shape index (κ1) is 56.6. The normalized spacial score (nSPS) is 11.3. The molecule has 416 valence electrons. The third kappa shape index (κ3) is 10.3. The molecule has 0 aliphatic carbocycles. The Bertz CT molecular complexity index is 5100. The van der Waals surface area contributed by atoms with Crippen molar-refractivity contribution in [3.8, 4) is 11.4 Å². The van der Waals surface area contributed by atoms with Gasteiger partial charge in [0.15, 0.2) is 11.2 Å². The molecule has 0 atom stereocenters. The van der Waals surface area contributed by atoms with Gasteiger partial charge in [-0.2, -0.15) is 6.42 Å². The van der Waals surface area contributed by atoms with Gasteiger partial charge < -0.3 is 44.7 Å². The van der Waals surface area contributed by atoms with Gasteiger partial charge in [0, 0.05) is 82.7 Å². The van der Waals surface area contributed by atoms with Crippen LogP contribution in [0.1, 0.15) is 19.8 Å². The van der Waals surface area contributed by atoms with E-state index in [-0.39, 0.29) is 18.9 Å². The average Bonchev–Trinajstić information content (AvgIpc) is 1.88. The van der Waals surface area contributed by atoms with Crippen LogP contribution in [0.5, 0.6) is 0 Å². The van der Waals surface area contributed by atoms with E-state index in [9.17, 15) is 10.0 Å². The third-order valence-corrected chi connectivity index (χ3v) is 16.6. The molecule has 0 saturated heterocycles. The maximum atomic E-state index is 10.0. The molecule has 0 radical (unpaired) electrons. The van der Waals surface area contributed by atoms with Gasteiger partial charge in [0.05, 0.1) is 37.9 Å². The molecule has 0 saturated carbocycles. The van der Waals surface area contributed by atoms with Crippen molar-refractivity contribution in [2.75, 3.05) is 9.80 Å². The summed E-state index contributed by atoms with van der Waals surface area (Å²) >= 11 is 3.69. The van der Waals surface area contributed by atoms with E-state index in [1.54, 1.807) is 6.07 Å². The van der Waals surface area contributed by atoms with Gasteiger partial charge in [0.25, 0.3) is 0 Å². The Morgan fingerprint density at radius 3 is 1.18 bits per heavy atom. The summed E-state index contributed by atoms with van der Waals surface area (Å²) in [7, 11) is -1.63. The molecule has 0 amide bonds. The molecular formula is C76H57BBrLiN4O4. The predicted octanol–water partition coefficient (Wildman–Crippen LogP) is 17.4. The van der Waals surface area contributed by atoms with Crippen LogP contribution in [0.15, 0.2) is 292 Å². The summed E-state index contributed by atoms with van der Waals surface area (Å²) in [4.78, 5) is 4.50. The van der Waals surface area contributed by atoms with Crippen molar-refractivity contribution in [2.24, 2.45) is 0 Å². The molecular weight excluding hydrogens is 1130 g/mol. The first-order valence-corrected chi connectivity index (χ1v) is 29.7. The number of aromatic nitrogens is 2. The van der Waals surface area contributed by atoms with Crippen LogP contribution in [0.2, 0.25) is 0 Å². The maximum absolute atomic E-state index is 10.0. The van der Waals surface area contributed by atoms with E-state index in [4.69, 9.17) is 8.83 Å². The quantitative estimate of drug-likeness (QED) is 0.105. The smallest absolute Gasteiger partial charge is 0.454 e. The van der Waals surface area contributed by atoms with E-state index in [0.717, 1.165) is 106 Å². The fourth-order valence-electron chi connectivity index (χ4n) is 12.1. The SMILES string of the molecule is Brc1cccc2c1oc1c(N(c3ccccc3)c3ccc4c5ccccc5n(-c5ccccc5)c4c3)cccc12.OB(O)c1cccc2c1oc1c(N(c3ccccc3)c3ccc4c5ccccc5n(-c5ccccc5)c4c3)cccc12.[CH2-]CCC.[Li+]. The molecule has 0 aliphatic rings. The standard InChI is InChI=1S/C36H25BN2O3.C36H23BrN2O.C4H9.Li/c40-37(41)31-18-9-16-29-30-17-10-20-33(36(30)42-35(29)31)38(24-11-3-1-4-12-24)26-21-22-28-27-15-7-8-19-32(27)39(34(28)23-26)25-13-5-2-6-14-25;37-31-18-9-16-29-30-17-10-20-33(36(30)40-35(29)31)38(24-11-3-1-4-12-24)26-21-22-28-27-15-7-8-19-32(27)39(34(28)23-26)25-13-5-2-6-14-25;1-3-4-2;/h1-23,40-41H;1-23H;1,3-4H2,2H3;/q;;-1;+1. The van der Waals surface area contributed by atoms with Gasteiger partial charge in [-0.05, 0) is 119 Å². The van der Waals surface area contributed by atoms with Gasteiger partial charge in [-0.15, -0.1) is 0 Å². The number of furan rings is 2. The van der Waals surface area contributed by atoms with Gasteiger partial charge in [-0.1, -0.05) is 189 Å². The molecule has 0 bridgehead atoms. The second-order valence-corrected chi connectivity index (χ2v) is 22.1. The van der Waals surface area contributed by atoms with Gasteiger partial charge in [0.1, 0.15) is 11.2 Å². The number of rotatable bonds is 10. The number of para-hydroxylation sites is 10. The van der Waals surface area contributed by atoms with Crippen LogP contribution >= 0.6 is 15.9 Å². The van der Waals surface area contributed by atoms with E-state index < -0.39 is 7.12 Å². The molecule has 11 heteroatoms. The number of unbranched alkanes of at least 4 members (excludes halogenated alkanes) is 1. The number of benzene rings is 12. The van der Waals surface area contributed by atoms with Crippen molar-refractivity contribution in [3.05, 3.63) is 290 Å². The first-order chi connectivity index (χ1) is 42.4. The van der Waals surface area contributed by atoms with Gasteiger partial charge >= 0.3 is 26.0 Å². The average molecular weight is 1190 g/mol. The molecule has 4 heterocycles. The van der Waals surface area contributed by atoms with Crippen LogP contribution in [-0.2, 0) is 0 Å². The molecule has 16 rings (SSSR count). The first-order valence-electron chi connectivity index (χ1n) is 29.0. The Hall–Kier alpha value is -9.50. The number of hydrogen-bond donors (Lipinski definition) is 2. The summed E-state index contributed by atoms with van der Waals surface area (Å²) in [5.41, 5.74) is 16.0. The number of anilines is 6. The van der Waals surface area contributed by atoms with Crippen LogP contribution in [0.25, 0.3) is 98.9 Å². The number of hydrogen-bond acceptors (Lipinski definition) is 6. The van der Waals surface area contributed by atoms with Crippen molar-refractivity contribution in [2.45, 2.75) is 19.8 Å². The molecule has 0 aliphatic heterocycles. The number of nitrogens with zero attached hydrogens (tertiary/aromatic N) is 4. The van der Waals surface area contributed by atoms with Crippen LogP contribution < -0.4 is 34.1 Å². The predicted molar refractivity (Wildman–Crippen MR) is 363 cm³/mol. The molecule has 4 aromatic heterocycles. The number of fused-ring (bicyclic) bond motifs is 12. The molecule has 16 aromatic rings. The topological polar surface area (TPSA) is 83.1 Å². The Morgan fingerprint density at radius 1 is 0.379 bits per heavy atom. The zero-order valence-electron chi connectivity index (χ0n) is 48.1. The molecule has 8 nitrogen and oxygen atoms in total. The summed E-state index contributed by atoms with van der Waals surface area (Å²) < 4.78 is 18.7. The van der Waals surface area contributed by atoms with E-state index in [2.05, 4.69) is 261 Å².